The number of benzene rings is 1. The summed E-state index contributed by atoms with van der Waals surface area (Å²) >= 11 is 5.66. The van der Waals surface area contributed by atoms with Crippen molar-refractivity contribution in [3.05, 3.63) is 58.2 Å². The van der Waals surface area contributed by atoms with Crippen LogP contribution in [0.15, 0.2) is 36.5 Å². The van der Waals surface area contributed by atoms with E-state index in [9.17, 15) is 27.6 Å². The molecule has 2 aromatic rings. The fourth-order valence-corrected chi connectivity index (χ4v) is 2.30. The maximum absolute atomic E-state index is 12.6. The molecule has 0 atom stereocenters. The van der Waals surface area contributed by atoms with Crippen LogP contribution in [-0.4, -0.2) is 35.9 Å². The maximum Gasteiger partial charge on any atom is 0.417 e. The number of anilines is 1. The van der Waals surface area contributed by atoms with Gasteiger partial charge in [0, 0.05) is 11.8 Å². The van der Waals surface area contributed by atoms with Gasteiger partial charge in [-0.25, -0.2) is 4.98 Å². The van der Waals surface area contributed by atoms with E-state index in [-0.39, 0.29) is 5.82 Å². The number of halogens is 4. The van der Waals surface area contributed by atoms with Crippen molar-refractivity contribution in [1.29, 1.82) is 0 Å². The molecule has 1 aromatic carbocycles. The van der Waals surface area contributed by atoms with E-state index in [2.05, 4.69) is 20.4 Å². The lowest BCUT2D eigenvalue weighted by atomic mass is 10.1. The zero-order valence-corrected chi connectivity index (χ0v) is 15.7. The number of rotatable bonds is 6. The van der Waals surface area contributed by atoms with E-state index in [0.29, 0.717) is 17.8 Å². The third kappa shape index (κ3) is 6.75. The Hall–Kier alpha value is -3.14. The number of pyridine rings is 1. The van der Waals surface area contributed by atoms with E-state index >= 15 is 0 Å². The van der Waals surface area contributed by atoms with Crippen LogP contribution >= 0.6 is 11.6 Å². The van der Waals surface area contributed by atoms with Gasteiger partial charge in [0.2, 0.25) is 0 Å². The number of esters is 1. The van der Waals surface area contributed by atoms with Gasteiger partial charge in [-0.15, -0.1) is 0 Å². The highest BCUT2D eigenvalue weighted by atomic mass is 35.5. The lowest BCUT2D eigenvalue weighted by Crippen LogP contribution is -2.32. The van der Waals surface area contributed by atoms with Gasteiger partial charge in [0.25, 0.3) is 11.8 Å². The highest BCUT2D eigenvalue weighted by molar-refractivity contribution is 6.33. The van der Waals surface area contributed by atoms with Crippen molar-refractivity contribution in [2.75, 3.05) is 18.5 Å². The lowest BCUT2D eigenvalue weighted by molar-refractivity contribution is -0.146. The monoisotopic (exact) mass is 429 g/mol. The first-order valence-electron chi connectivity index (χ1n) is 8.09. The van der Waals surface area contributed by atoms with Crippen LogP contribution in [0.2, 0.25) is 5.02 Å². The summed E-state index contributed by atoms with van der Waals surface area (Å²) in [5.74, 6) is -2.55. The summed E-state index contributed by atoms with van der Waals surface area (Å²) in [4.78, 5) is 38.7. The number of amides is 2. The maximum atomic E-state index is 12.6. The average Bonchev–Trinajstić information content (AvgIpc) is 2.65. The second-order valence-electron chi connectivity index (χ2n) is 5.81. The number of aromatic nitrogens is 1. The minimum Gasteiger partial charge on any atom is -0.454 e. The number of ether oxygens (including phenoxy) is 1. The van der Waals surface area contributed by atoms with E-state index in [1.807, 2.05) is 0 Å². The van der Waals surface area contributed by atoms with E-state index < -0.39 is 47.7 Å². The number of aryl methyl sites for hydroxylation is 1. The van der Waals surface area contributed by atoms with Gasteiger partial charge in [0.15, 0.2) is 12.4 Å². The number of hydrogen-bond donors (Lipinski definition) is 2. The molecule has 0 radical (unpaired) electrons. The fourth-order valence-electron chi connectivity index (χ4n) is 2.09. The van der Waals surface area contributed by atoms with Crippen molar-refractivity contribution in [3.63, 3.8) is 0 Å². The Morgan fingerprint density at radius 2 is 1.93 bits per heavy atom. The van der Waals surface area contributed by atoms with Crippen LogP contribution in [0.1, 0.15) is 21.5 Å². The van der Waals surface area contributed by atoms with Crippen molar-refractivity contribution < 1.29 is 32.3 Å². The van der Waals surface area contributed by atoms with Crippen LogP contribution in [0.5, 0.6) is 0 Å². The predicted octanol–water partition coefficient (Wildman–Crippen LogP) is 2.97. The smallest absolute Gasteiger partial charge is 0.417 e. The zero-order valence-electron chi connectivity index (χ0n) is 15.0. The Balaban J connectivity index is 1.80. The molecule has 0 spiro atoms. The normalized spacial score (nSPS) is 10.9. The van der Waals surface area contributed by atoms with Crippen LogP contribution < -0.4 is 10.6 Å². The molecule has 0 aliphatic rings. The quantitative estimate of drug-likeness (QED) is 0.688. The molecule has 7 nitrogen and oxygen atoms in total. The molecule has 0 fully saturated rings. The van der Waals surface area contributed by atoms with Gasteiger partial charge in [0.05, 0.1) is 10.6 Å². The molecule has 29 heavy (non-hydrogen) atoms. The standard InChI is InChI=1S/C18H15ClF3N3O4/c1-10-3-2-4-11(5-10)17(28)24-8-15(27)29-9-14(26)25-16-13(19)6-12(7-23-16)18(20,21)22/h2-7H,8-9H2,1H3,(H,24,28)(H,23,25,26). The second kappa shape index (κ2) is 9.37. The van der Waals surface area contributed by atoms with Gasteiger partial charge < -0.3 is 15.4 Å². The number of nitrogens with zero attached hydrogens (tertiary/aromatic N) is 1. The van der Waals surface area contributed by atoms with Crippen LogP contribution in [0.4, 0.5) is 19.0 Å². The molecule has 2 rings (SSSR count). The summed E-state index contributed by atoms with van der Waals surface area (Å²) in [5.41, 5.74) is 0.155. The summed E-state index contributed by atoms with van der Waals surface area (Å²) in [5, 5.41) is 4.04. The van der Waals surface area contributed by atoms with E-state index in [4.69, 9.17) is 11.6 Å². The summed E-state index contributed by atoms with van der Waals surface area (Å²) in [6, 6.07) is 7.31. The number of carbonyl (C=O) groups is 3. The topological polar surface area (TPSA) is 97.4 Å². The summed E-state index contributed by atoms with van der Waals surface area (Å²) < 4.78 is 42.4. The van der Waals surface area contributed by atoms with Crippen LogP contribution in [0, 0.1) is 6.92 Å². The molecular weight excluding hydrogens is 415 g/mol. The predicted molar refractivity (Wildman–Crippen MR) is 97.3 cm³/mol. The first-order chi connectivity index (χ1) is 13.6. The van der Waals surface area contributed by atoms with Gasteiger partial charge >= 0.3 is 12.1 Å². The Kier molecular flexibility index (Phi) is 7.16. The first kappa shape index (κ1) is 22.2. The third-order valence-corrected chi connectivity index (χ3v) is 3.75. The zero-order chi connectivity index (χ0) is 21.6. The largest absolute Gasteiger partial charge is 0.454 e. The van der Waals surface area contributed by atoms with Crippen molar-refractivity contribution in [2.45, 2.75) is 13.1 Å². The van der Waals surface area contributed by atoms with Gasteiger partial charge in [-0.2, -0.15) is 13.2 Å². The third-order valence-electron chi connectivity index (χ3n) is 3.46. The van der Waals surface area contributed by atoms with Crippen molar-refractivity contribution in [1.82, 2.24) is 10.3 Å². The van der Waals surface area contributed by atoms with Crippen LogP contribution in [-0.2, 0) is 20.5 Å². The van der Waals surface area contributed by atoms with E-state index in [1.54, 1.807) is 31.2 Å². The Bertz CT molecular complexity index is 935. The van der Waals surface area contributed by atoms with Crippen LogP contribution in [0.3, 0.4) is 0 Å². The molecule has 154 valence electrons. The summed E-state index contributed by atoms with van der Waals surface area (Å²) in [6.07, 6.45) is -4.12. The average molecular weight is 430 g/mol. The molecule has 0 aliphatic carbocycles. The Morgan fingerprint density at radius 3 is 2.55 bits per heavy atom. The molecular formula is C18H15ClF3N3O4. The minimum atomic E-state index is -4.63. The molecule has 0 saturated heterocycles. The minimum absolute atomic E-state index is 0.312. The second-order valence-corrected chi connectivity index (χ2v) is 6.22. The molecule has 1 aromatic heterocycles. The Morgan fingerprint density at radius 1 is 1.21 bits per heavy atom. The molecule has 0 aliphatic heterocycles. The molecule has 1 heterocycles. The van der Waals surface area contributed by atoms with E-state index in [0.717, 1.165) is 5.56 Å². The number of carbonyl (C=O) groups excluding carboxylic acids is 3. The van der Waals surface area contributed by atoms with Gasteiger partial charge in [-0.1, -0.05) is 29.3 Å². The number of hydrogen-bond acceptors (Lipinski definition) is 5. The fraction of sp³-hybridized carbons (Fsp3) is 0.222. The molecule has 11 heteroatoms. The highest BCUT2D eigenvalue weighted by Gasteiger charge is 2.31. The van der Waals surface area contributed by atoms with Crippen LogP contribution in [0.25, 0.3) is 0 Å². The SMILES string of the molecule is Cc1cccc(C(=O)NCC(=O)OCC(=O)Nc2ncc(C(F)(F)F)cc2Cl)c1. The van der Waals surface area contributed by atoms with Crippen molar-refractivity contribution in [3.8, 4) is 0 Å². The summed E-state index contributed by atoms with van der Waals surface area (Å²) in [6.45, 7) is 0.596. The first-order valence-corrected chi connectivity index (χ1v) is 8.47. The molecule has 2 N–H and O–H groups in total. The molecule has 0 saturated carbocycles. The number of alkyl halides is 3. The van der Waals surface area contributed by atoms with E-state index in [1.165, 1.54) is 0 Å². The van der Waals surface area contributed by atoms with Gasteiger partial charge in [-0.05, 0) is 25.1 Å². The summed E-state index contributed by atoms with van der Waals surface area (Å²) in [7, 11) is 0. The van der Waals surface area contributed by atoms with Crippen molar-refractivity contribution in [2.24, 2.45) is 0 Å². The molecule has 0 bridgehead atoms. The Labute approximate surface area is 168 Å². The number of nitrogens with one attached hydrogen (secondary N) is 2. The highest BCUT2D eigenvalue weighted by Crippen LogP contribution is 2.32. The van der Waals surface area contributed by atoms with Crippen molar-refractivity contribution >= 4 is 35.2 Å². The lowest BCUT2D eigenvalue weighted by Gasteiger charge is -2.10. The molecule has 2 amide bonds. The molecule has 0 unspecified atom stereocenters. The van der Waals surface area contributed by atoms with Gasteiger partial charge in [-0.3, -0.25) is 14.4 Å². The van der Waals surface area contributed by atoms with Gasteiger partial charge in [0.1, 0.15) is 6.54 Å².